The van der Waals surface area contributed by atoms with Gasteiger partial charge in [0.2, 0.25) is 5.95 Å². The summed E-state index contributed by atoms with van der Waals surface area (Å²) in [7, 11) is 0. The monoisotopic (exact) mass is 439 g/mol. The van der Waals surface area contributed by atoms with Crippen LogP contribution in [0.1, 0.15) is 43.9 Å². The Morgan fingerprint density at radius 3 is 2.74 bits per heavy atom. The van der Waals surface area contributed by atoms with E-state index in [0.29, 0.717) is 17.0 Å². The van der Waals surface area contributed by atoms with Gasteiger partial charge in [-0.25, -0.2) is 4.98 Å². The quantitative estimate of drug-likeness (QED) is 0.681. The van der Waals surface area contributed by atoms with Crippen LogP contribution in [0.2, 0.25) is 0 Å². The van der Waals surface area contributed by atoms with E-state index in [-0.39, 0.29) is 5.41 Å². The molecule has 2 fully saturated rings. The molecule has 2 aromatic rings. The number of aromatic nitrogens is 2. The average molecular weight is 440 g/mol. The first-order valence-electron chi connectivity index (χ1n) is 11.3. The van der Waals surface area contributed by atoms with E-state index in [9.17, 15) is 0 Å². The first kappa shape index (κ1) is 22.0. The van der Waals surface area contributed by atoms with Crippen molar-refractivity contribution < 1.29 is 4.74 Å². The summed E-state index contributed by atoms with van der Waals surface area (Å²) < 4.78 is 5.64. The van der Waals surface area contributed by atoms with Crippen molar-refractivity contribution in [3.63, 3.8) is 0 Å². The molecule has 0 saturated carbocycles. The van der Waals surface area contributed by atoms with E-state index < -0.39 is 0 Å². The number of rotatable bonds is 5. The van der Waals surface area contributed by atoms with Crippen LogP contribution in [0.5, 0.6) is 0 Å². The maximum Gasteiger partial charge on any atom is 0.231 e. The van der Waals surface area contributed by atoms with Crippen LogP contribution in [0.3, 0.4) is 0 Å². The van der Waals surface area contributed by atoms with Gasteiger partial charge in [0.25, 0.3) is 0 Å². The summed E-state index contributed by atoms with van der Waals surface area (Å²) >= 11 is 5.62. The van der Waals surface area contributed by atoms with Crippen LogP contribution in [0.25, 0.3) is 0 Å². The molecule has 2 saturated heterocycles. The van der Waals surface area contributed by atoms with Gasteiger partial charge >= 0.3 is 0 Å². The molecule has 1 aromatic carbocycles. The molecule has 3 heterocycles. The van der Waals surface area contributed by atoms with Crippen molar-refractivity contribution in [3.05, 3.63) is 47.7 Å². The van der Waals surface area contributed by atoms with Crippen LogP contribution in [0.15, 0.2) is 36.4 Å². The smallest absolute Gasteiger partial charge is 0.231 e. The second-order valence-corrected chi connectivity index (χ2v) is 9.36. The van der Waals surface area contributed by atoms with Crippen LogP contribution in [0.4, 0.5) is 11.8 Å². The molecule has 0 amide bonds. The zero-order valence-electron chi connectivity index (χ0n) is 18.6. The Bertz CT molecular complexity index is 885. The first-order valence-corrected chi connectivity index (χ1v) is 11.7. The van der Waals surface area contributed by atoms with Gasteiger partial charge in [0, 0.05) is 50.0 Å². The maximum atomic E-state index is 5.64. The normalized spacial score (nSPS) is 20.8. The Balaban J connectivity index is 1.42. The summed E-state index contributed by atoms with van der Waals surface area (Å²) in [6.07, 6.45) is 4.45. The zero-order valence-corrected chi connectivity index (χ0v) is 19.4. The SMILES string of the molecule is Cc1cc(N2CCC[C@H](C)C2)nc(NC(=S)NCC2(c3ccccc3)CCOCC2)n1. The fourth-order valence-electron chi connectivity index (χ4n) is 4.68. The van der Waals surface area contributed by atoms with Gasteiger partial charge in [-0.15, -0.1) is 0 Å². The summed E-state index contributed by atoms with van der Waals surface area (Å²) in [6, 6.07) is 12.7. The Morgan fingerprint density at radius 2 is 2.00 bits per heavy atom. The van der Waals surface area contributed by atoms with Crippen LogP contribution < -0.4 is 15.5 Å². The van der Waals surface area contributed by atoms with Gasteiger partial charge < -0.3 is 20.3 Å². The predicted molar refractivity (Wildman–Crippen MR) is 130 cm³/mol. The molecule has 2 N–H and O–H groups in total. The highest BCUT2D eigenvalue weighted by Crippen LogP contribution is 2.34. The number of anilines is 2. The van der Waals surface area contributed by atoms with Gasteiger partial charge in [-0.3, -0.25) is 0 Å². The Labute approximate surface area is 190 Å². The largest absolute Gasteiger partial charge is 0.381 e. The summed E-state index contributed by atoms with van der Waals surface area (Å²) in [5.74, 6) is 2.23. The van der Waals surface area contributed by atoms with Gasteiger partial charge in [-0.1, -0.05) is 37.3 Å². The predicted octanol–water partition coefficient (Wildman–Crippen LogP) is 4.06. The standard InChI is InChI=1S/C24H33N5OS/c1-18-7-6-12-29(16-18)21-15-19(2)26-22(27-21)28-23(31)25-17-24(10-13-30-14-11-24)20-8-4-3-5-9-20/h3-5,8-9,15,18H,6-7,10-14,16-17H2,1-2H3,(H2,25,26,27,28,31)/t18-/m0/s1. The van der Waals surface area contributed by atoms with Crippen molar-refractivity contribution in [1.29, 1.82) is 0 Å². The highest BCUT2D eigenvalue weighted by Gasteiger charge is 2.34. The third-order valence-corrected chi connectivity index (χ3v) is 6.72. The van der Waals surface area contributed by atoms with Gasteiger partial charge in [0.05, 0.1) is 0 Å². The van der Waals surface area contributed by atoms with E-state index in [1.54, 1.807) is 0 Å². The average Bonchev–Trinajstić information content (AvgIpc) is 2.79. The lowest BCUT2D eigenvalue weighted by Crippen LogP contribution is -2.45. The number of piperidine rings is 1. The van der Waals surface area contributed by atoms with Crippen LogP contribution in [0, 0.1) is 12.8 Å². The Kier molecular flexibility index (Phi) is 7.02. The molecule has 0 spiro atoms. The number of nitrogens with one attached hydrogen (secondary N) is 2. The van der Waals surface area contributed by atoms with Crippen molar-refractivity contribution in [1.82, 2.24) is 15.3 Å². The molecule has 1 atom stereocenters. The molecule has 2 aliphatic rings. The lowest BCUT2D eigenvalue weighted by molar-refractivity contribution is 0.0515. The minimum absolute atomic E-state index is 0.0216. The van der Waals surface area contributed by atoms with Crippen molar-refractivity contribution >= 4 is 29.1 Å². The van der Waals surface area contributed by atoms with Gasteiger partial charge in [0.15, 0.2) is 5.11 Å². The van der Waals surface area contributed by atoms with Crippen molar-refractivity contribution in [2.45, 2.75) is 44.9 Å². The third-order valence-electron chi connectivity index (χ3n) is 6.47. The molecule has 6 nitrogen and oxygen atoms in total. The topological polar surface area (TPSA) is 62.3 Å². The minimum Gasteiger partial charge on any atom is -0.381 e. The van der Waals surface area contributed by atoms with E-state index in [1.165, 1.54) is 18.4 Å². The first-order chi connectivity index (χ1) is 15.0. The van der Waals surface area contributed by atoms with Crippen molar-refractivity contribution in [2.75, 3.05) is 43.1 Å². The molecule has 0 unspecified atom stereocenters. The van der Waals surface area contributed by atoms with E-state index >= 15 is 0 Å². The number of thiocarbonyl (C=S) groups is 1. The molecule has 2 aliphatic heterocycles. The van der Waals surface area contributed by atoms with Crippen LogP contribution in [-0.2, 0) is 10.2 Å². The molecule has 0 bridgehead atoms. The molecular weight excluding hydrogens is 406 g/mol. The number of nitrogens with zero attached hydrogens (tertiary/aromatic N) is 3. The van der Waals surface area contributed by atoms with Crippen LogP contribution in [-0.4, -0.2) is 47.9 Å². The number of hydrogen-bond acceptors (Lipinski definition) is 5. The van der Waals surface area contributed by atoms with E-state index in [2.05, 4.69) is 63.8 Å². The van der Waals surface area contributed by atoms with Gasteiger partial charge in [-0.05, 0) is 56.3 Å². The fraction of sp³-hybridized carbons (Fsp3) is 0.542. The van der Waals surface area contributed by atoms with Crippen LogP contribution >= 0.6 is 12.2 Å². The maximum absolute atomic E-state index is 5.64. The van der Waals surface area contributed by atoms with E-state index in [1.807, 2.05) is 6.92 Å². The second-order valence-electron chi connectivity index (χ2n) is 8.95. The minimum atomic E-state index is 0.0216. The number of hydrogen-bond donors (Lipinski definition) is 2. The highest BCUT2D eigenvalue weighted by molar-refractivity contribution is 7.80. The highest BCUT2D eigenvalue weighted by atomic mass is 32.1. The van der Waals surface area contributed by atoms with Gasteiger partial charge in [0.1, 0.15) is 5.82 Å². The molecule has 1 aromatic heterocycles. The van der Waals surface area contributed by atoms with Crippen molar-refractivity contribution in [2.24, 2.45) is 5.92 Å². The number of ether oxygens (including phenoxy) is 1. The number of benzene rings is 1. The van der Waals surface area contributed by atoms with Gasteiger partial charge in [-0.2, -0.15) is 4.98 Å². The number of aryl methyl sites for hydroxylation is 1. The lowest BCUT2D eigenvalue weighted by Gasteiger charge is -2.38. The third kappa shape index (κ3) is 5.52. The summed E-state index contributed by atoms with van der Waals surface area (Å²) in [4.78, 5) is 11.7. The lowest BCUT2D eigenvalue weighted by atomic mass is 9.74. The molecule has 31 heavy (non-hydrogen) atoms. The second kappa shape index (κ2) is 9.92. The zero-order chi connectivity index (χ0) is 21.7. The summed E-state index contributed by atoms with van der Waals surface area (Å²) in [6.45, 7) is 8.70. The van der Waals surface area contributed by atoms with E-state index in [4.69, 9.17) is 21.9 Å². The Morgan fingerprint density at radius 1 is 1.23 bits per heavy atom. The summed E-state index contributed by atoms with van der Waals surface area (Å²) in [5, 5.41) is 7.22. The fourth-order valence-corrected chi connectivity index (χ4v) is 4.85. The molecule has 7 heteroatoms. The molecule has 166 valence electrons. The van der Waals surface area contributed by atoms with E-state index in [0.717, 1.165) is 57.2 Å². The molecule has 4 rings (SSSR count). The molecule has 0 aliphatic carbocycles. The summed E-state index contributed by atoms with van der Waals surface area (Å²) in [5.41, 5.74) is 2.30. The Hall–Kier alpha value is -2.25. The molecular formula is C24H33N5OS. The van der Waals surface area contributed by atoms with Crippen molar-refractivity contribution in [3.8, 4) is 0 Å². The molecule has 0 radical (unpaired) electrons.